The monoisotopic (exact) mass is 573 g/mol. The minimum absolute atomic E-state index is 0.0285. The van der Waals surface area contributed by atoms with Gasteiger partial charge >= 0.3 is 0 Å². The predicted octanol–water partition coefficient (Wildman–Crippen LogP) is 10.3. The van der Waals surface area contributed by atoms with E-state index in [1.165, 1.54) is 0 Å². The van der Waals surface area contributed by atoms with Gasteiger partial charge in [-0.15, -0.1) is 0 Å². The molecule has 0 N–H and O–H groups in total. The van der Waals surface area contributed by atoms with Crippen LogP contribution in [0.1, 0.15) is 16.7 Å². The highest BCUT2D eigenvalue weighted by Gasteiger charge is 2.32. The summed E-state index contributed by atoms with van der Waals surface area (Å²) in [4.78, 5) is 0. The molecule has 2 aromatic heterocycles. The molecule has 0 fully saturated rings. The standard InChI is InChI=1S/C39H25F2N3/c1-23-12-11-13-24(2)34(23)35-36(40)38(43-30-18-7-3-14-25(30)26-15-4-8-19-31(26)43)29(22-42)39(37(35)41)44-32-20-9-5-16-27(32)28-17-6-10-21-33(28)44/h3-21H,1-2H3. The molecule has 6 aromatic carbocycles. The van der Waals surface area contributed by atoms with Crippen molar-refractivity contribution in [1.82, 2.24) is 9.13 Å². The SMILES string of the molecule is Cc1cccc(C)c1-c1c(F)c(-n2c3ccccc3c3ccccc32)c(C#N)c(-n2c3ccccc3c3ccccc32)c1F. The van der Waals surface area contributed by atoms with E-state index in [0.717, 1.165) is 54.7 Å². The average Bonchev–Trinajstić information content (AvgIpc) is 3.55. The molecule has 5 heteroatoms. The summed E-state index contributed by atoms with van der Waals surface area (Å²) in [5.41, 5.74) is 4.74. The Morgan fingerprint density at radius 2 is 0.818 bits per heavy atom. The number of fused-ring (bicyclic) bond motifs is 6. The lowest BCUT2D eigenvalue weighted by atomic mass is 9.92. The van der Waals surface area contributed by atoms with Gasteiger partial charge in [0, 0.05) is 21.5 Å². The number of hydrogen-bond acceptors (Lipinski definition) is 1. The fourth-order valence-corrected chi connectivity index (χ4v) is 6.95. The van der Waals surface area contributed by atoms with Crippen LogP contribution in [0.2, 0.25) is 0 Å². The third kappa shape index (κ3) is 3.46. The molecular formula is C39H25F2N3. The number of aromatic nitrogens is 2. The summed E-state index contributed by atoms with van der Waals surface area (Å²) in [7, 11) is 0. The maximum absolute atomic E-state index is 17.5. The molecule has 0 amide bonds. The number of nitrogens with zero attached hydrogens (tertiary/aromatic N) is 3. The molecular weight excluding hydrogens is 548 g/mol. The van der Waals surface area contributed by atoms with Gasteiger partial charge in [0.2, 0.25) is 0 Å². The van der Waals surface area contributed by atoms with E-state index in [-0.39, 0.29) is 22.5 Å². The van der Waals surface area contributed by atoms with Gasteiger partial charge < -0.3 is 9.13 Å². The Kier molecular flexibility index (Phi) is 5.69. The van der Waals surface area contributed by atoms with Crippen LogP contribution in [0.15, 0.2) is 115 Å². The Labute approximate surface area is 252 Å². The third-order valence-electron chi connectivity index (χ3n) is 8.78. The first-order valence-electron chi connectivity index (χ1n) is 14.5. The van der Waals surface area contributed by atoms with Gasteiger partial charge in [0.25, 0.3) is 0 Å². The zero-order chi connectivity index (χ0) is 30.1. The number of nitriles is 1. The number of rotatable bonds is 3. The number of benzene rings is 6. The number of halogens is 2. The first-order valence-corrected chi connectivity index (χ1v) is 14.5. The van der Waals surface area contributed by atoms with E-state index in [1.807, 2.05) is 129 Å². The third-order valence-corrected chi connectivity index (χ3v) is 8.78. The quantitative estimate of drug-likeness (QED) is 0.207. The normalized spacial score (nSPS) is 11.6. The van der Waals surface area contributed by atoms with Gasteiger partial charge in [0.05, 0.1) is 27.6 Å². The molecule has 8 rings (SSSR count). The van der Waals surface area contributed by atoms with Gasteiger partial charge in [-0.05, 0) is 54.8 Å². The first kappa shape index (κ1) is 25.9. The highest BCUT2D eigenvalue weighted by molar-refractivity contribution is 6.11. The lowest BCUT2D eigenvalue weighted by molar-refractivity contribution is 0.580. The van der Waals surface area contributed by atoms with Crippen molar-refractivity contribution in [3.8, 4) is 28.6 Å². The number of para-hydroxylation sites is 4. The van der Waals surface area contributed by atoms with E-state index < -0.39 is 11.6 Å². The topological polar surface area (TPSA) is 33.6 Å². The summed E-state index contributed by atoms with van der Waals surface area (Å²) in [5.74, 6) is -1.54. The molecule has 2 heterocycles. The molecule has 210 valence electrons. The maximum atomic E-state index is 17.5. The van der Waals surface area contributed by atoms with Crippen LogP contribution in [0.5, 0.6) is 0 Å². The lowest BCUT2D eigenvalue weighted by Gasteiger charge is -2.22. The van der Waals surface area contributed by atoms with Crippen molar-refractivity contribution in [2.24, 2.45) is 0 Å². The summed E-state index contributed by atoms with van der Waals surface area (Å²) in [6, 6.07) is 38.8. The van der Waals surface area contributed by atoms with E-state index in [0.29, 0.717) is 5.56 Å². The van der Waals surface area contributed by atoms with Crippen molar-refractivity contribution < 1.29 is 8.78 Å². The van der Waals surface area contributed by atoms with E-state index in [1.54, 1.807) is 9.13 Å². The Morgan fingerprint density at radius 1 is 0.477 bits per heavy atom. The predicted molar refractivity (Wildman–Crippen MR) is 175 cm³/mol. The minimum Gasteiger partial charge on any atom is -0.305 e. The molecule has 0 unspecified atom stereocenters. The van der Waals surface area contributed by atoms with Gasteiger partial charge in [-0.2, -0.15) is 5.26 Å². The van der Waals surface area contributed by atoms with Crippen LogP contribution >= 0.6 is 0 Å². The number of aryl methyl sites for hydroxylation is 2. The van der Waals surface area contributed by atoms with Crippen LogP contribution in [0.3, 0.4) is 0 Å². The largest absolute Gasteiger partial charge is 0.305 e. The minimum atomic E-state index is -0.771. The molecule has 0 aliphatic heterocycles. The Balaban J connectivity index is 1.66. The molecule has 0 saturated heterocycles. The highest BCUT2D eigenvalue weighted by Crippen LogP contribution is 2.44. The summed E-state index contributed by atoms with van der Waals surface area (Å²) in [6.45, 7) is 3.72. The number of hydrogen-bond donors (Lipinski definition) is 0. The molecule has 0 atom stereocenters. The van der Waals surface area contributed by atoms with Crippen LogP contribution in [-0.2, 0) is 0 Å². The second-order valence-electron chi connectivity index (χ2n) is 11.2. The van der Waals surface area contributed by atoms with E-state index in [2.05, 4.69) is 6.07 Å². The Morgan fingerprint density at radius 3 is 1.16 bits per heavy atom. The molecule has 8 aromatic rings. The smallest absolute Gasteiger partial charge is 0.159 e. The second kappa shape index (κ2) is 9.65. The second-order valence-corrected chi connectivity index (χ2v) is 11.2. The first-order chi connectivity index (χ1) is 21.5. The summed E-state index contributed by atoms with van der Waals surface area (Å²) >= 11 is 0. The van der Waals surface area contributed by atoms with E-state index in [9.17, 15) is 5.26 Å². The molecule has 0 saturated carbocycles. The van der Waals surface area contributed by atoms with Crippen molar-refractivity contribution in [2.45, 2.75) is 13.8 Å². The Hall–Kier alpha value is -5.73. The fourth-order valence-electron chi connectivity index (χ4n) is 6.95. The van der Waals surface area contributed by atoms with Crippen LogP contribution < -0.4 is 0 Å². The fraction of sp³-hybridized carbons (Fsp3) is 0.0513. The van der Waals surface area contributed by atoms with Crippen molar-refractivity contribution in [3.63, 3.8) is 0 Å². The summed E-state index contributed by atoms with van der Waals surface area (Å²) in [6.07, 6.45) is 0. The van der Waals surface area contributed by atoms with Crippen molar-refractivity contribution in [1.29, 1.82) is 5.26 Å². The van der Waals surface area contributed by atoms with Gasteiger partial charge in [-0.1, -0.05) is 91.0 Å². The van der Waals surface area contributed by atoms with Crippen LogP contribution in [0.4, 0.5) is 8.78 Å². The van der Waals surface area contributed by atoms with E-state index >= 15 is 8.78 Å². The van der Waals surface area contributed by atoms with Gasteiger partial charge in [0.15, 0.2) is 11.6 Å². The van der Waals surface area contributed by atoms with Crippen molar-refractivity contribution in [2.75, 3.05) is 0 Å². The zero-order valence-corrected chi connectivity index (χ0v) is 24.1. The van der Waals surface area contributed by atoms with Crippen LogP contribution in [0, 0.1) is 36.8 Å². The molecule has 0 spiro atoms. The molecule has 0 bridgehead atoms. The van der Waals surface area contributed by atoms with Crippen LogP contribution in [0.25, 0.3) is 66.1 Å². The summed E-state index contributed by atoms with van der Waals surface area (Å²) in [5, 5.41) is 14.6. The van der Waals surface area contributed by atoms with Crippen molar-refractivity contribution >= 4 is 43.6 Å². The Bertz CT molecular complexity index is 2240. The lowest BCUT2D eigenvalue weighted by Crippen LogP contribution is -2.12. The van der Waals surface area contributed by atoms with Gasteiger partial charge in [0.1, 0.15) is 23.0 Å². The van der Waals surface area contributed by atoms with Crippen molar-refractivity contribution in [3.05, 3.63) is 144 Å². The molecule has 44 heavy (non-hydrogen) atoms. The molecule has 0 aliphatic rings. The van der Waals surface area contributed by atoms with E-state index in [4.69, 9.17) is 0 Å². The molecule has 3 nitrogen and oxygen atoms in total. The van der Waals surface area contributed by atoms with Gasteiger partial charge in [-0.3, -0.25) is 0 Å². The highest BCUT2D eigenvalue weighted by atomic mass is 19.1. The zero-order valence-electron chi connectivity index (χ0n) is 24.1. The average molecular weight is 574 g/mol. The van der Waals surface area contributed by atoms with Crippen LogP contribution in [-0.4, -0.2) is 9.13 Å². The van der Waals surface area contributed by atoms with Gasteiger partial charge in [-0.25, -0.2) is 8.78 Å². The molecule has 0 radical (unpaired) electrons. The summed E-state index contributed by atoms with van der Waals surface area (Å²) < 4.78 is 38.5. The maximum Gasteiger partial charge on any atom is 0.159 e. The molecule has 0 aliphatic carbocycles.